The minimum Gasteiger partial charge on any atom is -0.368 e. The summed E-state index contributed by atoms with van der Waals surface area (Å²) < 4.78 is 13.1. The molecule has 0 unspecified atom stereocenters. The lowest BCUT2D eigenvalue weighted by Gasteiger charge is -2.36. The molecule has 156 valence electrons. The number of aliphatic imine (C=N–C) groups is 1. The first-order valence-corrected chi connectivity index (χ1v) is 10.2. The second-order valence-corrected chi connectivity index (χ2v) is 7.67. The van der Waals surface area contributed by atoms with Crippen molar-refractivity contribution in [1.82, 2.24) is 15.6 Å². The Morgan fingerprint density at radius 3 is 2.41 bits per heavy atom. The average molecular weight is 399 g/mol. The molecule has 0 bridgehead atoms. The number of anilines is 2. The molecular formula is C22H31FN6. The molecule has 2 heterocycles. The third kappa shape index (κ3) is 6.07. The van der Waals surface area contributed by atoms with Crippen molar-refractivity contribution in [3.63, 3.8) is 0 Å². The van der Waals surface area contributed by atoms with Gasteiger partial charge in [-0.05, 0) is 47.9 Å². The van der Waals surface area contributed by atoms with Gasteiger partial charge in [0.25, 0.3) is 0 Å². The first-order valence-electron chi connectivity index (χ1n) is 10.2. The number of aromatic nitrogens is 1. The summed E-state index contributed by atoms with van der Waals surface area (Å²) in [6, 6.07) is 10.9. The van der Waals surface area contributed by atoms with E-state index in [4.69, 9.17) is 0 Å². The zero-order valence-corrected chi connectivity index (χ0v) is 17.5. The van der Waals surface area contributed by atoms with E-state index >= 15 is 0 Å². The molecule has 0 radical (unpaired) electrons. The summed E-state index contributed by atoms with van der Waals surface area (Å²) in [5.41, 5.74) is 2.24. The van der Waals surface area contributed by atoms with Crippen molar-refractivity contribution in [2.45, 2.75) is 20.4 Å². The van der Waals surface area contributed by atoms with Crippen molar-refractivity contribution in [3.8, 4) is 0 Å². The fourth-order valence-corrected chi connectivity index (χ4v) is 3.30. The van der Waals surface area contributed by atoms with Crippen LogP contribution in [-0.4, -0.2) is 50.7 Å². The van der Waals surface area contributed by atoms with Gasteiger partial charge in [-0.25, -0.2) is 9.37 Å². The van der Waals surface area contributed by atoms with Crippen LogP contribution in [0.15, 0.2) is 47.6 Å². The Hall–Kier alpha value is -2.83. The maximum Gasteiger partial charge on any atom is 0.191 e. The Kier molecular flexibility index (Phi) is 7.27. The van der Waals surface area contributed by atoms with Crippen LogP contribution >= 0.6 is 0 Å². The van der Waals surface area contributed by atoms with Gasteiger partial charge in [-0.1, -0.05) is 13.8 Å². The van der Waals surface area contributed by atoms with Crippen molar-refractivity contribution in [3.05, 3.63) is 54.0 Å². The van der Waals surface area contributed by atoms with E-state index in [1.807, 2.05) is 24.4 Å². The van der Waals surface area contributed by atoms with Crippen LogP contribution in [0.3, 0.4) is 0 Å². The summed E-state index contributed by atoms with van der Waals surface area (Å²) in [4.78, 5) is 13.4. The molecular weight excluding hydrogens is 367 g/mol. The molecule has 2 aromatic rings. The lowest BCUT2D eigenvalue weighted by atomic mass is 10.2. The number of guanidine groups is 1. The van der Waals surface area contributed by atoms with Crippen molar-refractivity contribution in [2.24, 2.45) is 10.9 Å². The number of nitrogens with zero attached hydrogens (tertiary/aromatic N) is 4. The molecule has 1 aliphatic rings. The van der Waals surface area contributed by atoms with Crippen LogP contribution in [0.25, 0.3) is 0 Å². The van der Waals surface area contributed by atoms with Crippen molar-refractivity contribution < 1.29 is 4.39 Å². The Labute approximate surface area is 172 Å². The van der Waals surface area contributed by atoms with Gasteiger partial charge in [0.15, 0.2) is 5.96 Å². The van der Waals surface area contributed by atoms with E-state index in [0.717, 1.165) is 50.2 Å². The Balaban J connectivity index is 1.54. The van der Waals surface area contributed by atoms with Gasteiger partial charge in [-0.3, -0.25) is 4.99 Å². The van der Waals surface area contributed by atoms with Crippen LogP contribution in [0.5, 0.6) is 0 Å². The summed E-state index contributed by atoms with van der Waals surface area (Å²) in [6.07, 6.45) is 1.86. The number of halogens is 1. The summed E-state index contributed by atoms with van der Waals surface area (Å²) >= 11 is 0. The number of pyridine rings is 1. The van der Waals surface area contributed by atoms with E-state index in [1.165, 1.54) is 17.7 Å². The molecule has 0 aliphatic carbocycles. The Bertz CT molecular complexity index is 797. The maximum absolute atomic E-state index is 13.1. The van der Waals surface area contributed by atoms with E-state index < -0.39 is 0 Å². The van der Waals surface area contributed by atoms with Crippen molar-refractivity contribution in [1.29, 1.82) is 0 Å². The van der Waals surface area contributed by atoms with E-state index in [-0.39, 0.29) is 5.82 Å². The van der Waals surface area contributed by atoms with Crippen molar-refractivity contribution in [2.75, 3.05) is 49.6 Å². The van der Waals surface area contributed by atoms with Gasteiger partial charge >= 0.3 is 0 Å². The molecule has 0 amide bonds. The molecule has 2 N–H and O–H groups in total. The SMILES string of the molecule is CN=C(NCc1ccnc(N2CCN(c3ccc(F)cc3)CC2)c1)NCC(C)C. The highest BCUT2D eigenvalue weighted by Crippen LogP contribution is 2.20. The zero-order chi connectivity index (χ0) is 20.6. The van der Waals surface area contributed by atoms with Gasteiger partial charge in [-0.15, -0.1) is 0 Å². The van der Waals surface area contributed by atoms with E-state index in [2.05, 4.69) is 50.3 Å². The smallest absolute Gasteiger partial charge is 0.191 e. The fraction of sp³-hybridized carbons (Fsp3) is 0.455. The minimum atomic E-state index is -0.197. The van der Waals surface area contributed by atoms with Gasteiger partial charge in [0.1, 0.15) is 11.6 Å². The van der Waals surface area contributed by atoms with Crippen LogP contribution in [0, 0.1) is 11.7 Å². The largest absolute Gasteiger partial charge is 0.368 e. The van der Waals surface area contributed by atoms with Crippen LogP contribution in [0.4, 0.5) is 15.9 Å². The predicted molar refractivity (Wildman–Crippen MR) is 118 cm³/mol. The number of benzene rings is 1. The van der Waals surface area contributed by atoms with E-state index in [0.29, 0.717) is 12.5 Å². The Morgan fingerprint density at radius 1 is 1.07 bits per heavy atom. The Morgan fingerprint density at radius 2 is 1.76 bits per heavy atom. The molecule has 1 fully saturated rings. The number of hydrogen-bond donors (Lipinski definition) is 2. The van der Waals surface area contributed by atoms with Gasteiger partial charge in [0.2, 0.25) is 0 Å². The monoisotopic (exact) mass is 398 g/mol. The molecule has 0 atom stereocenters. The van der Waals surface area contributed by atoms with E-state index in [9.17, 15) is 4.39 Å². The predicted octanol–water partition coefficient (Wildman–Crippen LogP) is 2.87. The maximum atomic E-state index is 13.1. The zero-order valence-electron chi connectivity index (χ0n) is 17.5. The fourth-order valence-electron chi connectivity index (χ4n) is 3.30. The standard InChI is InChI=1S/C22H31FN6/c1-17(2)15-26-22(24-3)27-16-18-8-9-25-21(14-18)29-12-10-28(11-13-29)20-6-4-19(23)5-7-20/h4-9,14,17H,10-13,15-16H2,1-3H3,(H2,24,26,27). The highest BCUT2D eigenvalue weighted by atomic mass is 19.1. The number of nitrogens with one attached hydrogen (secondary N) is 2. The van der Waals surface area contributed by atoms with Crippen molar-refractivity contribution >= 4 is 17.5 Å². The van der Waals surface area contributed by atoms with Gasteiger partial charge in [-0.2, -0.15) is 0 Å². The molecule has 1 aliphatic heterocycles. The van der Waals surface area contributed by atoms with Gasteiger partial charge in [0.05, 0.1) is 0 Å². The lowest BCUT2D eigenvalue weighted by molar-refractivity contribution is 0.614. The second-order valence-electron chi connectivity index (χ2n) is 7.67. The average Bonchev–Trinajstić information content (AvgIpc) is 2.74. The summed E-state index contributed by atoms with van der Waals surface area (Å²) in [5.74, 6) is 2.17. The van der Waals surface area contributed by atoms with Crippen LogP contribution in [0.2, 0.25) is 0 Å². The van der Waals surface area contributed by atoms with Crippen LogP contribution in [0.1, 0.15) is 19.4 Å². The molecule has 0 saturated carbocycles. The number of piperazine rings is 1. The number of hydrogen-bond acceptors (Lipinski definition) is 4. The quantitative estimate of drug-likeness (QED) is 0.579. The summed E-state index contributed by atoms with van der Waals surface area (Å²) in [6.45, 7) is 9.49. The third-order valence-electron chi connectivity index (χ3n) is 4.97. The van der Waals surface area contributed by atoms with Crippen LogP contribution < -0.4 is 20.4 Å². The summed E-state index contributed by atoms with van der Waals surface area (Å²) in [5, 5.41) is 6.68. The minimum absolute atomic E-state index is 0.197. The number of rotatable bonds is 6. The molecule has 1 aromatic heterocycles. The molecule has 29 heavy (non-hydrogen) atoms. The molecule has 3 rings (SSSR count). The highest BCUT2D eigenvalue weighted by molar-refractivity contribution is 5.79. The second kappa shape index (κ2) is 10.1. The summed E-state index contributed by atoms with van der Waals surface area (Å²) in [7, 11) is 1.79. The molecule has 7 heteroatoms. The molecule has 1 saturated heterocycles. The van der Waals surface area contributed by atoms with Gasteiger partial charge in [0, 0.05) is 58.2 Å². The molecule has 1 aromatic carbocycles. The topological polar surface area (TPSA) is 55.8 Å². The molecule has 6 nitrogen and oxygen atoms in total. The van der Waals surface area contributed by atoms with Gasteiger partial charge < -0.3 is 20.4 Å². The van der Waals surface area contributed by atoms with Crippen LogP contribution in [-0.2, 0) is 6.54 Å². The molecule has 0 spiro atoms. The highest BCUT2D eigenvalue weighted by Gasteiger charge is 2.18. The van der Waals surface area contributed by atoms with E-state index in [1.54, 1.807) is 7.05 Å². The lowest BCUT2D eigenvalue weighted by Crippen LogP contribution is -2.46. The third-order valence-corrected chi connectivity index (χ3v) is 4.97. The normalized spacial score (nSPS) is 15.0. The first-order chi connectivity index (χ1) is 14.0. The first kappa shape index (κ1) is 20.9.